The van der Waals surface area contributed by atoms with Crippen LogP contribution in [0.5, 0.6) is 0 Å². The van der Waals surface area contributed by atoms with Crippen molar-refractivity contribution in [3.05, 3.63) is 53.9 Å². The van der Waals surface area contributed by atoms with Gasteiger partial charge >= 0.3 is 5.97 Å². The molecule has 0 saturated heterocycles. The van der Waals surface area contributed by atoms with Crippen molar-refractivity contribution in [2.24, 2.45) is 0 Å². The number of esters is 1. The number of nitrogens with zero attached hydrogens (tertiary/aromatic N) is 1. The van der Waals surface area contributed by atoms with Gasteiger partial charge in [-0.15, -0.1) is 0 Å². The van der Waals surface area contributed by atoms with Crippen LogP contribution in [-0.4, -0.2) is 26.5 Å². The second-order valence-corrected chi connectivity index (χ2v) is 6.00. The van der Waals surface area contributed by atoms with Crippen molar-refractivity contribution in [3.8, 4) is 0 Å². The first-order chi connectivity index (χ1) is 9.94. The highest BCUT2D eigenvalue weighted by molar-refractivity contribution is 7.92. The number of sulfonamides is 1. The topological polar surface area (TPSA) is 85.4 Å². The molecule has 0 unspecified atom stereocenters. The van der Waals surface area contributed by atoms with E-state index in [-0.39, 0.29) is 10.5 Å². The molecule has 0 fully saturated rings. The summed E-state index contributed by atoms with van der Waals surface area (Å²) in [5.41, 5.74) is 1.28. The maximum absolute atomic E-state index is 12.2. The third-order valence-corrected chi connectivity index (χ3v) is 4.20. The second-order valence-electron chi connectivity index (χ2n) is 4.32. The van der Waals surface area contributed by atoms with Crippen LogP contribution in [0, 0.1) is 6.92 Å². The van der Waals surface area contributed by atoms with Gasteiger partial charge in [-0.2, -0.15) is 0 Å². The normalized spacial score (nSPS) is 11.0. The number of methoxy groups -OCH3 is 1. The molecule has 0 bridgehead atoms. The zero-order valence-electron chi connectivity index (χ0n) is 11.5. The lowest BCUT2D eigenvalue weighted by atomic mass is 10.1. The lowest BCUT2D eigenvalue weighted by Crippen LogP contribution is -2.14. The number of hydrogen-bond donors (Lipinski definition) is 1. The Balaban J connectivity index is 2.37. The summed E-state index contributed by atoms with van der Waals surface area (Å²) in [4.78, 5) is 15.3. The average Bonchev–Trinajstić information content (AvgIpc) is 2.49. The van der Waals surface area contributed by atoms with Crippen LogP contribution in [0.15, 0.2) is 47.6 Å². The fourth-order valence-corrected chi connectivity index (χ4v) is 2.77. The molecular weight excluding hydrogens is 292 g/mol. The fourth-order valence-electron chi connectivity index (χ4n) is 1.69. The Labute approximate surface area is 122 Å². The van der Waals surface area contributed by atoms with Crippen molar-refractivity contribution < 1.29 is 17.9 Å². The second kappa shape index (κ2) is 5.92. The number of anilines is 1. The van der Waals surface area contributed by atoms with E-state index in [1.54, 1.807) is 19.1 Å². The summed E-state index contributed by atoms with van der Waals surface area (Å²) < 4.78 is 31.5. The number of rotatable bonds is 4. The van der Waals surface area contributed by atoms with Gasteiger partial charge in [0.25, 0.3) is 10.0 Å². The maximum Gasteiger partial charge on any atom is 0.337 e. The zero-order chi connectivity index (χ0) is 15.5. The Morgan fingerprint density at radius 1 is 1.29 bits per heavy atom. The Morgan fingerprint density at radius 2 is 2.05 bits per heavy atom. The maximum atomic E-state index is 12.2. The molecule has 1 N–H and O–H groups in total. The molecule has 2 aromatic rings. The van der Waals surface area contributed by atoms with Crippen LogP contribution in [0.4, 0.5) is 5.69 Å². The number of nitrogens with one attached hydrogen (secondary N) is 1. The van der Waals surface area contributed by atoms with E-state index in [4.69, 9.17) is 0 Å². The van der Waals surface area contributed by atoms with E-state index in [0.29, 0.717) is 11.3 Å². The summed E-state index contributed by atoms with van der Waals surface area (Å²) in [5.74, 6) is -0.531. The molecule has 6 nitrogen and oxygen atoms in total. The highest BCUT2D eigenvalue weighted by Crippen LogP contribution is 2.21. The first-order valence-electron chi connectivity index (χ1n) is 6.06. The summed E-state index contributed by atoms with van der Waals surface area (Å²) in [6.07, 6.45) is 2.74. The van der Waals surface area contributed by atoms with Gasteiger partial charge in [0.1, 0.15) is 4.90 Å². The third kappa shape index (κ3) is 3.38. The predicted octanol–water partition coefficient (Wildman–Crippen LogP) is 1.98. The van der Waals surface area contributed by atoms with Gasteiger partial charge < -0.3 is 4.74 Å². The predicted molar refractivity (Wildman–Crippen MR) is 77.6 cm³/mol. The first kappa shape index (κ1) is 15.0. The number of hydrogen-bond acceptors (Lipinski definition) is 5. The van der Waals surface area contributed by atoms with Gasteiger partial charge in [0.15, 0.2) is 0 Å². The molecule has 110 valence electrons. The molecule has 0 aliphatic rings. The van der Waals surface area contributed by atoms with Crippen molar-refractivity contribution >= 4 is 21.7 Å². The molecular formula is C14H14N2O4S. The van der Waals surface area contributed by atoms with Crippen LogP contribution >= 0.6 is 0 Å². The molecule has 1 aromatic heterocycles. The SMILES string of the molecule is COC(=O)c1ccc(C)c(NS(=O)(=O)c2cccnc2)c1. The molecule has 1 aromatic carbocycles. The summed E-state index contributed by atoms with van der Waals surface area (Å²) in [6.45, 7) is 1.74. The summed E-state index contributed by atoms with van der Waals surface area (Å²) in [6, 6.07) is 7.63. The lowest BCUT2D eigenvalue weighted by Gasteiger charge is -2.11. The van der Waals surface area contributed by atoms with E-state index >= 15 is 0 Å². The molecule has 0 spiro atoms. The molecule has 21 heavy (non-hydrogen) atoms. The van der Waals surface area contributed by atoms with Crippen LogP contribution in [-0.2, 0) is 14.8 Å². The molecule has 0 atom stereocenters. The Bertz CT molecular complexity index is 758. The van der Waals surface area contributed by atoms with Crippen LogP contribution in [0.1, 0.15) is 15.9 Å². The van der Waals surface area contributed by atoms with E-state index in [0.717, 1.165) is 0 Å². The molecule has 2 rings (SSSR count). The Kier molecular flexibility index (Phi) is 4.23. The van der Waals surface area contributed by atoms with E-state index < -0.39 is 16.0 Å². The molecule has 7 heteroatoms. The molecule has 0 amide bonds. The number of aryl methyl sites for hydroxylation is 1. The van der Waals surface area contributed by atoms with E-state index in [9.17, 15) is 13.2 Å². The molecule has 0 radical (unpaired) electrons. The van der Waals surface area contributed by atoms with E-state index in [1.165, 1.54) is 37.7 Å². The minimum absolute atomic E-state index is 0.0490. The number of benzene rings is 1. The summed E-state index contributed by atoms with van der Waals surface area (Å²) >= 11 is 0. The standard InChI is InChI=1S/C14H14N2O4S/c1-10-5-6-11(14(17)20-2)8-13(10)16-21(18,19)12-4-3-7-15-9-12/h3-9,16H,1-2H3. The van der Waals surface area contributed by atoms with Gasteiger partial charge in [0.2, 0.25) is 0 Å². The monoisotopic (exact) mass is 306 g/mol. The quantitative estimate of drug-likeness (QED) is 0.873. The highest BCUT2D eigenvalue weighted by atomic mass is 32.2. The average molecular weight is 306 g/mol. The number of carbonyl (C=O) groups is 1. The molecule has 0 aliphatic heterocycles. The minimum atomic E-state index is -3.75. The summed E-state index contributed by atoms with van der Waals surface area (Å²) in [5, 5.41) is 0. The number of ether oxygens (including phenoxy) is 1. The van der Waals surface area contributed by atoms with E-state index in [2.05, 4.69) is 14.4 Å². The van der Waals surface area contributed by atoms with Crippen molar-refractivity contribution in [1.82, 2.24) is 4.98 Å². The fraction of sp³-hybridized carbons (Fsp3) is 0.143. The van der Waals surface area contributed by atoms with Crippen LogP contribution < -0.4 is 4.72 Å². The lowest BCUT2D eigenvalue weighted by molar-refractivity contribution is 0.0601. The number of aromatic nitrogens is 1. The first-order valence-corrected chi connectivity index (χ1v) is 7.54. The van der Waals surface area contributed by atoms with Crippen LogP contribution in [0.2, 0.25) is 0 Å². The van der Waals surface area contributed by atoms with Gasteiger partial charge in [0, 0.05) is 12.4 Å². The van der Waals surface area contributed by atoms with Crippen LogP contribution in [0.3, 0.4) is 0 Å². The van der Waals surface area contributed by atoms with Crippen molar-refractivity contribution in [2.75, 3.05) is 11.8 Å². The van der Waals surface area contributed by atoms with Crippen molar-refractivity contribution in [3.63, 3.8) is 0 Å². The van der Waals surface area contributed by atoms with Gasteiger partial charge in [-0.3, -0.25) is 9.71 Å². The Morgan fingerprint density at radius 3 is 2.67 bits per heavy atom. The zero-order valence-corrected chi connectivity index (χ0v) is 12.3. The van der Waals surface area contributed by atoms with Crippen LogP contribution in [0.25, 0.3) is 0 Å². The van der Waals surface area contributed by atoms with Gasteiger partial charge in [-0.25, -0.2) is 13.2 Å². The van der Waals surface area contributed by atoms with Crippen molar-refractivity contribution in [1.29, 1.82) is 0 Å². The molecule has 0 aliphatic carbocycles. The summed E-state index contributed by atoms with van der Waals surface area (Å²) in [7, 11) is -2.48. The molecule has 1 heterocycles. The van der Waals surface area contributed by atoms with E-state index in [1.807, 2.05) is 0 Å². The van der Waals surface area contributed by atoms with Gasteiger partial charge in [0.05, 0.1) is 18.4 Å². The smallest absolute Gasteiger partial charge is 0.337 e. The van der Waals surface area contributed by atoms with Crippen molar-refractivity contribution in [2.45, 2.75) is 11.8 Å². The third-order valence-electron chi connectivity index (χ3n) is 2.85. The largest absolute Gasteiger partial charge is 0.465 e. The minimum Gasteiger partial charge on any atom is -0.465 e. The van der Waals surface area contributed by atoms with Gasteiger partial charge in [-0.05, 0) is 36.8 Å². The number of carbonyl (C=O) groups excluding carboxylic acids is 1. The highest BCUT2D eigenvalue weighted by Gasteiger charge is 2.16. The number of pyridine rings is 1. The van der Waals surface area contributed by atoms with Gasteiger partial charge in [-0.1, -0.05) is 6.07 Å². The Hall–Kier alpha value is -2.41. The molecule has 0 saturated carbocycles.